The zero-order chi connectivity index (χ0) is 10.9. The Hall–Kier alpha value is -0.990. The molecule has 0 bridgehead atoms. The number of carboxylic acids is 1. The number of hydrogen-bond acceptors (Lipinski definition) is 3. The van der Waals surface area contributed by atoms with E-state index in [9.17, 15) is 13.6 Å². The molecular weight excluding hydrogens is 311 g/mol. The van der Waals surface area contributed by atoms with Gasteiger partial charge in [0.25, 0.3) is 6.43 Å². The summed E-state index contributed by atoms with van der Waals surface area (Å²) in [6.45, 7) is 0. The van der Waals surface area contributed by atoms with Crippen LogP contribution in [0.4, 0.5) is 8.78 Å². The van der Waals surface area contributed by atoms with Gasteiger partial charge in [-0.05, 0) is 28.7 Å². The first-order chi connectivity index (χ1) is 6.43. The highest BCUT2D eigenvalue weighted by Crippen LogP contribution is 2.28. The molecule has 0 unspecified atom stereocenters. The van der Waals surface area contributed by atoms with Crippen molar-refractivity contribution in [3.63, 3.8) is 0 Å². The number of nitrogens with zero attached hydrogens (tertiary/aromatic N) is 1. The van der Waals surface area contributed by atoms with Gasteiger partial charge < -0.3 is 10.2 Å². The molecule has 1 aromatic rings. The molecule has 4 nitrogen and oxygen atoms in total. The second-order valence-corrected chi connectivity index (χ2v) is 3.49. The van der Waals surface area contributed by atoms with Crippen molar-refractivity contribution in [1.82, 2.24) is 4.98 Å². The fraction of sp³-hybridized carbons (Fsp3) is 0.143. The Morgan fingerprint density at radius 2 is 2.14 bits per heavy atom. The minimum Gasteiger partial charge on any atom is -0.506 e. The van der Waals surface area contributed by atoms with E-state index in [0.717, 1.165) is 6.07 Å². The summed E-state index contributed by atoms with van der Waals surface area (Å²) in [7, 11) is 0. The lowest BCUT2D eigenvalue weighted by atomic mass is 10.3. The van der Waals surface area contributed by atoms with Crippen LogP contribution >= 0.6 is 22.6 Å². The van der Waals surface area contributed by atoms with Crippen molar-refractivity contribution in [1.29, 1.82) is 0 Å². The molecule has 0 aliphatic rings. The van der Waals surface area contributed by atoms with E-state index in [0.29, 0.717) is 0 Å². The lowest BCUT2D eigenvalue weighted by Crippen LogP contribution is -2.06. The molecule has 1 rings (SSSR count). The number of aromatic nitrogens is 1. The topological polar surface area (TPSA) is 70.4 Å². The Bertz CT molecular complexity index is 383. The van der Waals surface area contributed by atoms with Crippen LogP contribution in [0.2, 0.25) is 0 Å². The largest absolute Gasteiger partial charge is 0.506 e. The Kier molecular flexibility index (Phi) is 3.19. The number of carbonyl (C=O) groups is 1. The van der Waals surface area contributed by atoms with Crippen molar-refractivity contribution < 1.29 is 23.8 Å². The molecule has 76 valence electrons. The number of carboxylic acid groups (broad SMARTS) is 1. The van der Waals surface area contributed by atoms with Crippen LogP contribution in [0.1, 0.15) is 22.6 Å². The van der Waals surface area contributed by atoms with Crippen molar-refractivity contribution in [3.05, 3.63) is 21.0 Å². The first-order valence-electron chi connectivity index (χ1n) is 3.34. The van der Waals surface area contributed by atoms with Gasteiger partial charge in [-0.3, -0.25) is 0 Å². The molecule has 7 heteroatoms. The van der Waals surface area contributed by atoms with E-state index in [-0.39, 0.29) is 3.57 Å². The van der Waals surface area contributed by atoms with Gasteiger partial charge >= 0.3 is 5.97 Å². The van der Waals surface area contributed by atoms with E-state index in [4.69, 9.17) is 10.2 Å². The average molecular weight is 315 g/mol. The molecule has 14 heavy (non-hydrogen) atoms. The Labute approximate surface area is 90.7 Å². The summed E-state index contributed by atoms with van der Waals surface area (Å²) < 4.78 is 24.5. The minimum atomic E-state index is -3.00. The van der Waals surface area contributed by atoms with Crippen molar-refractivity contribution in [2.45, 2.75) is 6.43 Å². The highest BCUT2D eigenvalue weighted by Gasteiger charge is 2.20. The highest BCUT2D eigenvalue weighted by molar-refractivity contribution is 14.1. The third kappa shape index (κ3) is 2.08. The fourth-order valence-corrected chi connectivity index (χ4v) is 1.45. The number of pyridine rings is 1. The van der Waals surface area contributed by atoms with Gasteiger partial charge in [0.1, 0.15) is 11.4 Å². The van der Waals surface area contributed by atoms with Crippen molar-refractivity contribution >= 4 is 28.6 Å². The summed E-state index contributed by atoms with van der Waals surface area (Å²) in [5.41, 5.74) is -1.40. The van der Waals surface area contributed by atoms with Crippen LogP contribution in [-0.4, -0.2) is 21.2 Å². The summed E-state index contributed by atoms with van der Waals surface area (Å²) in [6, 6.07) is 0.943. The number of alkyl halides is 2. The molecule has 0 fully saturated rings. The predicted molar refractivity (Wildman–Crippen MR) is 50.5 cm³/mol. The molecule has 0 amide bonds. The SMILES string of the molecule is O=C(O)c1nc(C(F)F)c(O)cc1I. The maximum atomic E-state index is 12.2. The fourth-order valence-electron chi connectivity index (χ4n) is 0.804. The van der Waals surface area contributed by atoms with Gasteiger partial charge in [-0.2, -0.15) is 0 Å². The van der Waals surface area contributed by atoms with Crippen LogP contribution in [0.25, 0.3) is 0 Å². The molecule has 0 aliphatic heterocycles. The summed E-state index contributed by atoms with van der Waals surface area (Å²) in [4.78, 5) is 13.7. The summed E-state index contributed by atoms with van der Waals surface area (Å²) in [6.07, 6.45) is -3.00. The lowest BCUT2D eigenvalue weighted by Gasteiger charge is -2.05. The molecule has 0 radical (unpaired) electrons. The summed E-state index contributed by atoms with van der Waals surface area (Å²) in [5.74, 6) is -2.11. The third-order valence-electron chi connectivity index (χ3n) is 1.39. The first-order valence-corrected chi connectivity index (χ1v) is 4.42. The van der Waals surface area contributed by atoms with E-state index < -0.39 is 29.5 Å². The second-order valence-electron chi connectivity index (χ2n) is 2.33. The van der Waals surface area contributed by atoms with Crippen LogP contribution in [-0.2, 0) is 0 Å². The van der Waals surface area contributed by atoms with Gasteiger partial charge in [0.05, 0.1) is 0 Å². The third-order valence-corrected chi connectivity index (χ3v) is 2.22. The molecule has 0 saturated heterocycles. The van der Waals surface area contributed by atoms with Crippen molar-refractivity contribution in [2.24, 2.45) is 0 Å². The van der Waals surface area contributed by atoms with E-state index in [1.54, 1.807) is 22.6 Å². The van der Waals surface area contributed by atoms with Gasteiger partial charge in [0.2, 0.25) is 0 Å². The molecule has 0 atom stereocenters. The van der Waals surface area contributed by atoms with Crippen molar-refractivity contribution in [2.75, 3.05) is 0 Å². The zero-order valence-corrected chi connectivity index (χ0v) is 8.70. The van der Waals surface area contributed by atoms with Crippen LogP contribution in [0, 0.1) is 3.57 Å². The number of hydrogen-bond donors (Lipinski definition) is 2. The maximum absolute atomic E-state index is 12.2. The second kappa shape index (κ2) is 4.03. The van der Waals surface area contributed by atoms with Crippen LogP contribution in [0.3, 0.4) is 0 Å². The van der Waals surface area contributed by atoms with Gasteiger partial charge in [-0.15, -0.1) is 0 Å². The lowest BCUT2D eigenvalue weighted by molar-refractivity contribution is 0.0687. The Morgan fingerprint density at radius 3 is 2.57 bits per heavy atom. The molecule has 2 N–H and O–H groups in total. The molecule has 0 aromatic carbocycles. The average Bonchev–Trinajstić information content (AvgIpc) is 2.02. The van der Waals surface area contributed by atoms with E-state index in [1.807, 2.05) is 0 Å². The maximum Gasteiger partial charge on any atom is 0.355 e. The zero-order valence-electron chi connectivity index (χ0n) is 6.54. The molecule has 0 aliphatic carbocycles. The van der Waals surface area contributed by atoms with E-state index in [1.165, 1.54) is 0 Å². The number of aromatic carboxylic acids is 1. The minimum absolute atomic E-state index is 0.108. The smallest absolute Gasteiger partial charge is 0.355 e. The predicted octanol–water partition coefficient (Wildman–Crippen LogP) is 2.03. The Balaban J connectivity index is 3.34. The summed E-state index contributed by atoms with van der Waals surface area (Å²) >= 11 is 1.59. The molecule has 0 saturated carbocycles. The van der Waals surface area contributed by atoms with Gasteiger partial charge in [-0.25, -0.2) is 18.6 Å². The number of halogens is 3. The van der Waals surface area contributed by atoms with Crippen molar-refractivity contribution in [3.8, 4) is 5.75 Å². The summed E-state index contributed by atoms with van der Waals surface area (Å²) in [5, 5.41) is 17.6. The first kappa shape index (κ1) is 11.1. The monoisotopic (exact) mass is 315 g/mol. The van der Waals surface area contributed by atoms with Gasteiger partial charge in [-0.1, -0.05) is 0 Å². The Morgan fingerprint density at radius 1 is 1.57 bits per heavy atom. The molecule has 0 spiro atoms. The molecule has 1 aromatic heterocycles. The number of aromatic hydroxyl groups is 1. The number of rotatable bonds is 2. The highest BCUT2D eigenvalue weighted by atomic mass is 127. The quantitative estimate of drug-likeness (QED) is 0.819. The van der Waals surface area contributed by atoms with Crippen LogP contribution in [0.15, 0.2) is 6.07 Å². The normalized spacial score (nSPS) is 10.6. The standard InChI is InChI=1S/C7H4F2INO3/c8-6(9)5-3(12)1-2(10)4(11-5)7(13)14/h1,6,12H,(H,13,14). The van der Waals surface area contributed by atoms with Crippen LogP contribution in [0.5, 0.6) is 5.75 Å². The van der Waals surface area contributed by atoms with Gasteiger partial charge in [0, 0.05) is 3.57 Å². The van der Waals surface area contributed by atoms with Crippen LogP contribution < -0.4 is 0 Å². The van der Waals surface area contributed by atoms with Gasteiger partial charge in [0.15, 0.2) is 5.69 Å². The molecular formula is C7H4F2INO3. The van der Waals surface area contributed by atoms with E-state index >= 15 is 0 Å². The molecule has 1 heterocycles. The van der Waals surface area contributed by atoms with E-state index in [2.05, 4.69) is 4.98 Å².